The molecule has 0 spiro atoms. The van der Waals surface area contributed by atoms with Gasteiger partial charge in [-0.05, 0) is 26.0 Å². The van der Waals surface area contributed by atoms with Gasteiger partial charge in [0, 0.05) is 6.04 Å². The van der Waals surface area contributed by atoms with E-state index in [1.54, 1.807) is 16.7 Å². The van der Waals surface area contributed by atoms with E-state index in [9.17, 15) is 4.79 Å². The van der Waals surface area contributed by atoms with Crippen molar-refractivity contribution in [2.45, 2.75) is 19.9 Å². The average molecular weight is 206 g/mol. The zero-order valence-electron chi connectivity index (χ0n) is 8.74. The molecule has 0 bridgehead atoms. The molecule has 0 saturated carbocycles. The number of imidazole rings is 1. The molecule has 2 rings (SSSR count). The fraction of sp³-hybridized carbons (Fsp3) is 0.300. The van der Waals surface area contributed by atoms with Gasteiger partial charge in [0.25, 0.3) is 0 Å². The monoisotopic (exact) mass is 206 g/mol. The van der Waals surface area contributed by atoms with Gasteiger partial charge < -0.3 is 16.5 Å². The third-order valence-electron chi connectivity index (χ3n) is 2.44. The summed E-state index contributed by atoms with van der Waals surface area (Å²) in [6.07, 6.45) is 0. The lowest BCUT2D eigenvalue weighted by Crippen LogP contribution is -2.18. The van der Waals surface area contributed by atoms with Gasteiger partial charge in [0.1, 0.15) is 0 Å². The topological polar surface area (TPSA) is 89.8 Å². The summed E-state index contributed by atoms with van der Waals surface area (Å²) in [5, 5.41) is 0. The Hall–Kier alpha value is -1.91. The van der Waals surface area contributed by atoms with E-state index in [1.165, 1.54) is 0 Å². The third-order valence-corrected chi connectivity index (χ3v) is 2.44. The highest BCUT2D eigenvalue weighted by Gasteiger charge is 2.10. The number of fused-ring (bicyclic) bond motifs is 1. The number of anilines is 2. The Balaban J connectivity index is 2.88. The van der Waals surface area contributed by atoms with E-state index in [2.05, 4.69) is 4.98 Å². The Bertz CT molecular complexity index is 565. The second-order valence-corrected chi connectivity index (χ2v) is 3.89. The molecule has 1 aromatic heterocycles. The summed E-state index contributed by atoms with van der Waals surface area (Å²) in [5.41, 5.74) is 13.7. The molecule has 0 aliphatic carbocycles. The number of benzene rings is 1. The highest BCUT2D eigenvalue weighted by atomic mass is 16.1. The minimum absolute atomic E-state index is 0.0919. The number of nitrogens with one attached hydrogen (secondary N) is 1. The standard InChI is InChI=1S/C10H14N4O/c1-5(2)14-9-4-7(12)6(11)3-8(9)13-10(14)15/h3-5H,11-12H2,1-2H3,(H,13,15). The van der Waals surface area contributed by atoms with Crippen molar-refractivity contribution >= 4 is 22.4 Å². The van der Waals surface area contributed by atoms with Gasteiger partial charge in [0.05, 0.1) is 22.4 Å². The van der Waals surface area contributed by atoms with Crippen molar-refractivity contribution in [3.8, 4) is 0 Å². The summed E-state index contributed by atoms with van der Waals surface area (Å²) in [5.74, 6) is 0. The van der Waals surface area contributed by atoms with Crippen LogP contribution in [0.3, 0.4) is 0 Å². The minimum Gasteiger partial charge on any atom is -0.397 e. The number of hydrogen-bond donors (Lipinski definition) is 3. The molecule has 0 aliphatic heterocycles. The van der Waals surface area contributed by atoms with Crippen LogP contribution in [-0.4, -0.2) is 9.55 Å². The quantitative estimate of drug-likeness (QED) is 0.610. The molecular weight excluding hydrogens is 192 g/mol. The lowest BCUT2D eigenvalue weighted by Gasteiger charge is -2.07. The maximum atomic E-state index is 11.6. The van der Waals surface area contributed by atoms with Crippen LogP contribution in [0.2, 0.25) is 0 Å². The Morgan fingerprint density at radius 3 is 2.47 bits per heavy atom. The third kappa shape index (κ3) is 1.36. The number of rotatable bonds is 1. The maximum absolute atomic E-state index is 11.6. The first-order valence-electron chi connectivity index (χ1n) is 4.80. The lowest BCUT2D eigenvalue weighted by atomic mass is 10.2. The van der Waals surface area contributed by atoms with Gasteiger partial charge in [-0.15, -0.1) is 0 Å². The van der Waals surface area contributed by atoms with Crippen molar-refractivity contribution < 1.29 is 0 Å². The van der Waals surface area contributed by atoms with Gasteiger partial charge in [-0.3, -0.25) is 4.57 Å². The first-order valence-corrected chi connectivity index (χ1v) is 4.80. The predicted octanol–water partition coefficient (Wildman–Crippen LogP) is 1.07. The minimum atomic E-state index is -0.134. The molecule has 0 radical (unpaired) electrons. The zero-order valence-corrected chi connectivity index (χ0v) is 8.74. The van der Waals surface area contributed by atoms with E-state index in [-0.39, 0.29) is 11.7 Å². The van der Waals surface area contributed by atoms with Crippen LogP contribution in [0.15, 0.2) is 16.9 Å². The van der Waals surface area contributed by atoms with Crippen LogP contribution in [0.25, 0.3) is 11.0 Å². The first-order chi connectivity index (χ1) is 7.00. The van der Waals surface area contributed by atoms with Crippen LogP contribution in [0.4, 0.5) is 11.4 Å². The number of aromatic nitrogens is 2. The normalized spacial score (nSPS) is 11.4. The number of nitrogen functional groups attached to an aromatic ring is 2. The van der Waals surface area contributed by atoms with E-state index in [1.807, 2.05) is 13.8 Å². The number of hydrogen-bond acceptors (Lipinski definition) is 3. The van der Waals surface area contributed by atoms with Crippen molar-refractivity contribution in [1.29, 1.82) is 0 Å². The summed E-state index contributed by atoms with van der Waals surface area (Å²) in [6.45, 7) is 3.89. The Morgan fingerprint density at radius 1 is 1.27 bits per heavy atom. The molecule has 0 atom stereocenters. The summed E-state index contributed by atoms with van der Waals surface area (Å²) >= 11 is 0. The van der Waals surface area contributed by atoms with Gasteiger partial charge in [0.15, 0.2) is 0 Å². The summed E-state index contributed by atoms with van der Waals surface area (Å²) < 4.78 is 1.66. The van der Waals surface area contributed by atoms with E-state index in [4.69, 9.17) is 11.5 Å². The molecule has 2 aromatic rings. The molecule has 0 amide bonds. The maximum Gasteiger partial charge on any atom is 0.326 e. The van der Waals surface area contributed by atoms with Crippen molar-refractivity contribution in [3.63, 3.8) is 0 Å². The number of nitrogens with zero attached hydrogens (tertiary/aromatic N) is 1. The molecule has 15 heavy (non-hydrogen) atoms. The molecule has 0 fully saturated rings. The van der Waals surface area contributed by atoms with Gasteiger partial charge in [-0.1, -0.05) is 0 Å². The summed E-state index contributed by atoms with van der Waals surface area (Å²) in [4.78, 5) is 14.4. The largest absolute Gasteiger partial charge is 0.397 e. The number of H-pyrrole nitrogens is 1. The summed E-state index contributed by atoms with van der Waals surface area (Å²) in [7, 11) is 0. The fourth-order valence-corrected chi connectivity index (χ4v) is 1.72. The molecule has 1 heterocycles. The molecule has 0 unspecified atom stereocenters. The van der Waals surface area contributed by atoms with Crippen molar-refractivity contribution in [2.75, 3.05) is 11.5 Å². The Morgan fingerprint density at radius 2 is 1.87 bits per heavy atom. The molecule has 1 aromatic carbocycles. The summed E-state index contributed by atoms with van der Waals surface area (Å²) in [6, 6.07) is 3.50. The van der Waals surface area contributed by atoms with Gasteiger partial charge in [-0.25, -0.2) is 4.79 Å². The van der Waals surface area contributed by atoms with Crippen molar-refractivity contribution in [2.24, 2.45) is 0 Å². The van der Waals surface area contributed by atoms with Crippen LogP contribution >= 0.6 is 0 Å². The fourth-order valence-electron chi connectivity index (χ4n) is 1.72. The number of nitrogens with two attached hydrogens (primary N) is 2. The highest BCUT2D eigenvalue weighted by Crippen LogP contribution is 2.23. The molecular formula is C10H14N4O. The predicted molar refractivity (Wildman–Crippen MR) is 61.8 cm³/mol. The van der Waals surface area contributed by atoms with Crippen molar-refractivity contribution in [1.82, 2.24) is 9.55 Å². The van der Waals surface area contributed by atoms with Gasteiger partial charge in [-0.2, -0.15) is 0 Å². The highest BCUT2D eigenvalue weighted by molar-refractivity contribution is 5.86. The molecule has 0 aliphatic rings. The lowest BCUT2D eigenvalue weighted by molar-refractivity contribution is 0.598. The van der Waals surface area contributed by atoms with E-state index >= 15 is 0 Å². The van der Waals surface area contributed by atoms with Crippen LogP contribution in [0.1, 0.15) is 19.9 Å². The van der Waals surface area contributed by atoms with Crippen molar-refractivity contribution in [3.05, 3.63) is 22.6 Å². The first kappa shape index (κ1) is 9.64. The molecule has 5 nitrogen and oxygen atoms in total. The van der Waals surface area contributed by atoms with Gasteiger partial charge >= 0.3 is 5.69 Å². The smallest absolute Gasteiger partial charge is 0.326 e. The SMILES string of the molecule is CC(C)n1c(=O)[nH]c2cc(N)c(N)cc21. The molecule has 0 saturated heterocycles. The molecule has 5 N–H and O–H groups in total. The zero-order chi connectivity index (χ0) is 11.2. The molecule has 80 valence electrons. The average Bonchev–Trinajstić information content (AvgIpc) is 2.41. The van der Waals surface area contributed by atoms with E-state index < -0.39 is 0 Å². The second kappa shape index (κ2) is 3.05. The second-order valence-electron chi connectivity index (χ2n) is 3.89. The van der Waals surface area contributed by atoms with Gasteiger partial charge in [0.2, 0.25) is 0 Å². The molecule has 5 heteroatoms. The van der Waals surface area contributed by atoms with E-state index in [0.717, 1.165) is 11.0 Å². The van der Waals surface area contributed by atoms with E-state index in [0.29, 0.717) is 11.4 Å². The van der Waals surface area contributed by atoms with Crippen LogP contribution in [0, 0.1) is 0 Å². The van der Waals surface area contributed by atoms with Crippen LogP contribution < -0.4 is 17.2 Å². The van der Waals surface area contributed by atoms with Crippen LogP contribution in [-0.2, 0) is 0 Å². The Kier molecular flexibility index (Phi) is 1.96. The van der Waals surface area contributed by atoms with Crippen LogP contribution in [0.5, 0.6) is 0 Å². The number of aromatic amines is 1. The Labute approximate surface area is 86.7 Å².